The summed E-state index contributed by atoms with van der Waals surface area (Å²) in [4.78, 5) is 27.7. The minimum absolute atomic E-state index is 0.0583. The molecule has 2 amide bonds. The molecule has 0 radical (unpaired) electrons. The Morgan fingerprint density at radius 3 is 2.15 bits per heavy atom. The molecule has 2 aromatic carbocycles. The van der Waals surface area contributed by atoms with Crippen molar-refractivity contribution in [3.05, 3.63) is 64.7 Å². The quantitative estimate of drug-likeness (QED) is 0.606. The lowest BCUT2D eigenvalue weighted by atomic mass is 10.1. The Hall–Kier alpha value is -2.58. The SMILES string of the molecule is Cc1ccc(N(CC(=O)N(Cc2ccccc2Cl)[C@H](C)C(=O)NC(C)(C)C)S(C)(=O)=O)cc1. The van der Waals surface area contributed by atoms with Gasteiger partial charge in [0.05, 0.1) is 11.9 Å². The highest BCUT2D eigenvalue weighted by Gasteiger charge is 2.31. The molecule has 0 aliphatic carbocycles. The van der Waals surface area contributed by atoms with E-state index in [0.717, 1.165) is 16.1 Å². The normalized spacial score (nSPS) is 12.7. The van der Waals surface area contributed by atoms with E-state index in [4.69, 9.17) is 11.6 Å². The standard InChI is InChI=1S/C24H32ClN3O4S/c1-17-11-13-20(14-12-17)28(33(6,31)32)16-22(29)27(15-19-9-7-8-10-21(19)25)18(2)23(30)26-24(3,4)5/h7-14,18H,15-16H2,1-6H3,(H,26,30)/t18-/m1/s1. The first-order chi connectivity index (χ1) is 15.2. The van der Waals surface area contributed by atoms with Gasteiger partial charge in [0.1, 0.15) is 12.6 Å². The van der Waals surface area contributed by atoms with Crippen LogP contribution in [-0.4, -0.2) is 49.5 Å². The van der Waals surface area contributed by atoms with Crippen LogP contribution in [0.15, 0.2) is 48.5 Å². The van der Waals surface area contributed by atoms with Gasteiger partial charge in [-0.15, -0.1) is 0 Å². The predicted molar refractivity (Wildman–Crippen MR) is 133 cm³/mol. The number of hydrogen-bond acceptors (Lipinski definition) is 4. The molecule has 0 unspecified atom stereocenters. The second-order valence-corrected chi connectivity index (χ2v) is 11.4. The number of benzene rings is 2. The van der Waals surface area contributed by atoms with Crippen molar-refractivity contribution in [2.24, 2.45) is 0 Å². The average Bonchev–Trinajstić information content (AvgIpc) is 2.69. The Morgan fingerprint density at radius 1 is 1.06 bits per heavy atom. The van der Waals surface area contributed by atoms with E-state index >= 15 is 0 Å². The Morgan fingerprint density at radius 2 is 1.64 bits per heavy atom. The molecule has 9 heteroatoms. The topological polar surface area (TPSA) is 86.8 Å². The van der Waals surface area contributed by atoms with Crippen LogP contribution in [0.1, 0.15) is 38.8 Å². The molecular weight excluding hydrogens is 462 g/mol. The van der Waals surface area contributed by atoms with Crippen LogP contribution in [0.5, 0.6) is 0 Å². The number of nitrogens with zero attached hydrogens (tertiary/aromatic N) is 2. The summed E-state index contributed by atoms with van der Waals surface area (Å²) in [5.74, 6) is -0.860. The molecule has 180 valence electrons. The maximum atomic E-state index is 13.5. The van der Waals surface area contributed by atoms with Crippen LogP contribution in [0.4, 0.5) is 5.69 Å². The lowest BCUT2D eigenvalue weighted by Crippen LogP contribution is -2.54. The number of amides is 2. The number of aryl methyl sites for hydroxylation is 1. The summed E-state index contributed by atoms with van der Waals surface area (Å²) in [6.07, 6.45) is 1.05. The number of rotatable bonds is 8. The number of sulfonamides is 1. The van der Waals surface area contributed by atoms with Gasteiger partial charge in [-0.2, -0.15) is 0 Å². The molecule has 0 aliphatic rings. The Labute approximate surface area is 201 Å². The minimum atomic E-state index is -3.76. The summed E-state index contributed by atoms with van der Waals surface area (Å²) >= 11 is 6.31. The molecule has 0 aliphatic heterocycles. The van der Waals surface area contributed by atoms with Crippen LogP contribution in [0.3, 0.4) is 0 Å². The fourth-order valence-electron chi connectivity index (χ4n) is 3.19. The largest absolute Gasteiger partial charge is 0.350 e. The zero-order chi connectivity index (χ0) is 25.0. The van der Waals surface area contributed by atoms with Gasteiger partial charge < -0.3 is 10.2 Å². The Kier molecular flexibility index (Phi) is 8.54. The lowest BCUT2D eigenvalue weighted by Gasteiger charge is -2.33. The van der Waals surface area contributed by atoms with E-state index in [1.165, 1.54) is 4.90 Å². The molecular formula is C24H32ClN3O4S. The third-order valence-corrected chi connectivity index (χ3v) is 6.47. The fourth-order valence-corrected chi connectivity index (χ4v) is 4.24. The molecule has 0 spiro atoms. The van der Waals surface area contributed by atoms with E-state index in [-0.39, 0.29) is 12.5 Å². The molecule has 0 bridgehead atoms. The van der Waals surface area contributed by atoms with E-state index < -0.39 is 34.1 Å². The van der Waals surface area contributed by atoms with E-state index in [1.54, 1.807) is 55.5 Å². The molecule has 2 aromatic rings. The van der Waals surface area contributed by atoms with Crippen LogP contribution in [-0.2, 0) is 26.2 Å². The van der Waals surface area contributed by atoms with Gasteiger partial charge in [-0.1, -0.05) is 47.5 Å². The summed E-state index contributed by atoms with van der Waals surface area (Å²) in [6.45, 7) is 8.66. The van der Waals surface area contributed by atoms with Crippen molar-refractivity contribution < 1.29 is 18.0 Å². The van der Waals surface area contributed by atoms with Gasteiger partial charge in [0.2, 0.25) is 21.8 Å². The molecule has 0 fully saturated rings. The maximum absolute atomic E-state index is 13.5. The molecule has 0 saturated carbocycles. The van der Waals surface area contributed by atoms with Crippen molar-refractivity contribution in [2.45, 2.75) is 52.7 Å². The highest BCUT2D eigenvalue weighted by molar-refractivity contribution is 7.92. The zero-order valence-electron chi connectivity index (χ0n) is 19.9. The summed E-state index contributed by atoms with van der Waals surface area (Å²) in [5, 5.41) is 3.33. The van der Waals surface area contributed by atoms with Gasteiger partial charge >= 0.3 is 0 Å². The highest BCUT2D eigenvalue weighted by atomic mass is 35.5. The van der Waals surface area contributed by atoms with E-state index in [2.05, 4.69) is 5.32 Å². The van der Waals surface area contributed by atoms with Gasteiger partial charge in [0.25, 0.3) is 0 Å². The number of carbonyl (C=O) groups excluding carboxylic acids is 2. The van der Waals surface area contributed by atoms with E-state index in [0.29, 0.717) is 16.3 Å². The fraction of sp³-hybridized carbons (Fsp3) is 0.417. The van der Waals surface area contributed by atoms with Crippen molar-refractivity contribution in [2.75, 3.05) is 17.1 Å². The summed E-state index contributed by atoms with van der Waals surface area (Å²) < 4.78 is 26.1. The number of hydrogen-bond donors (Lipinski definition) is 1. The zero-order valence-corrected chi connectivity index (χ0v) is 21.5. The smallest absolute Gasteiger partial charge is 0.244 e. The summed E-state index contributed by atoms with van der Waals surface area (Å²) in [5.41, 5.74) is 1.50. The second-order valence-electron chi connectivity index (χ2n) is 9.13. The molecule has 0 aromatic heterocycles. The van der Waals surface area contributed by atoms with Gasteiger partial charge in [-0.3, -0.25) is 13.9 Å². The van der Waals surface area contributed by atoms with Crippen LogP contribution < -0.4 is 9.62 Å². The lowest BCUT2D eigenvalue weighted by molar-refractivity contribution is -0.140. The molecule has 1 N–H and O–H groups in total. The monoisotopic (exact) mass is 493 g/mol. The van der Waals surface area contributed by atoms with Crippen LogP contribution in [0.2, 0.25) is 5.02 Å². The van der Waals surface area contributed by atoms with Crippen LogP contribution in [0.25, 0.3) is 0 Å². The number of nitrogens with one attached hydrogen (secondary N) is 1. The Balaban J connectivity index is 2.41. The summed E-state index contributed by atoms with van der Waals surface area (Å²) in [6, 6.07) is 13.0. The van der Waals surface area contributed by atoms with E-state index in [1.807, 2.05) is 27.7 Å². The van der Waals surface area contributed by atoms with Gasteiger partial charge in [-0.25, -0.2) is 8.42 Å². The number of carbonyl (C=O) groups is 2. The number of halogens is 1. The molecule has 1 atom stereocenters. The van der Waals surface area contributed by atoms with Gasteiger partial charge in [0, 0.05) is 17.1 Å². The molecule has 7 nitrogen and oxygen atoms in total. The van der Waals surface area contributed by atoms with Gasteiger partial charge in [-0.05, 0) is 58.4 Å². The first-order valence-electron chi connectivity index (χ1n) is 10.6. The minimum Gasteiger partial charge on any atom is -0.350 e. The Bertz CT molecular complexity index is 1100. The molecule has 0 saturated heterocycles. The average molecular weight is 494 g/mol. The first-order valence-corrected chi connectivity index (χ1v) is 12.8. The summed E-state index contributed by atoms with van der Waals surface area (Å²) in [7, 11) is -3.76. The third-order valence-electron chi connectivity index (χ3n) is 4.97. The highest BCUT2D eigenvalue weighted by Crippen LogP contribution is 2.22. The molecule has 33 heavy (non-hydrogen) atoms. The number of anilines is 1. The van der Waals surface area contributed by atoms with E-state index in [9.17, 15) is 18.0 Å². The third kappa shape index (κ3) is 7.75. The maximum Gasteiger partial charge on any atom is 0.244 e. The van der Waals surface area contributed by atoms with Crippen LogP contribution in [0, 0.1) is 6.92 Å². The molecule has 0 heterocycles. The van der Waals surface area contributed by atoms with Crippen molar-refractivity contribution in [3.63, 3.8) is 0 Å². The first kappa shape index (κ1) is 26.7. The van der Waals surface area contributed by atoms with Gasteiger partial charge in [0.15, 0.2) is 0 Å². The van der Waals surface area contributed by atoms with Crippen LogP contribution >= 0.6 is 11.6 Å². The van der Waals surface area contributed by atoms with Crippen molar-refractivity contribution in [1.29, 1.82) is 0 Å². The second kappa shape index (κ2) is 10.6. The van der Waals surface area contributed by atoms with Crippen molar-refractivity contribution in [3.8, 4) is 0 Å². The van der Waals surface area contributed by atoms with Crippen molar-refractivity contribution in [1.82, 2.24) is 10.2 Å². The molecule has 2 rings (SSSR count). The van der Waals surface area contributed by atoms with Crippen molar-refractivity contribution >= 4 is 39.1 Å². The predicted octanol–water partition coefficient (Wildman–Crippen LogP) is 3.75.